The molecular weight excluding hydrogens is 464 g/mol. The smallest absolute Gasteiger partial charge is 0.332 e. The van der Waals surface area contributed by atoms with Gasteiger partial charge in [0.25, 0.3) is 5.56 Å². The summed E-state index contributed by atoms with van der Waals surface area (Å²) in [6.45, 7) is 0. The van der Waals surface area contributed by atoms with Crippen molar-refractivity contribution in [1.82, 2.24) is 4.57 Å². The summed E-state index contributed by atoms with van der Waals surface area (Å²) in [5, 5.41) is 0. The zero-order chi connectivity index (χ0) is 22.2. The Morgan fingerprint density at radius 1 is 1.16 bits per heavy atom. The minimum absolute atomic E-state index is 0.212. The van der Waals surface area contributed by atoms with E-state index < -0.39 is 5.97 Å². The Labute approximate surface area is 197 Å². The van der Waals surface area contributed by atoms with Crippen LogP contribution in [-0.4, -0.2) is 36.3 Å². The lowest BCUT2D eigenvalue weighted by Gasteiger charge is -2.31. The number of thioether (sulfide) groups is 2. The first-order valence-electron chi connectivity index (χ1n) is 10.4. The van der Waals surface area contributed by atoms with Crippen LogP contribution >= 0.6 is 34.9 Å². The third-order valence-electron chi connectivity index (χ3n) is 5.77. The quantitative estimate of drug-likeness (QED) is 0.621. The first kappa shape index (κ1) is 21.6. The molecule has 5 rings (SSSR count). The molecule has 0 radical (unpaired) electrons. The molecule has 0 amide bonds. The van der Waals surface area contributed by atoms with Crippen LogP contribution in [0.25, 0.3) is 6.08 Å². The number of ether oxygens (including phenoxy) is 2. The van der Waals surface area contributed by atoms with Gasteiger partial charge in [-0.3, -0.25) is 9.36 Å². The number of hydrogen-bond donors (Lipinski definition) is 0. The lowest BCUT2D eigenvalue weighted by molar-refractivity contribution is -0.133. The van der Waals surface area contributed by atoms with E-state index in [9.17, 15) is 9.59 Å². The molecule has 1 saturated heterocycles. The first-order valence-corrected chi connectivity index (χ1v) is 13.2. The summed E-state index contributed by atoms with van der Waals surface area (Å²) in [4.78, 5) is 30.9. The van der Waals surface area contributed by atoms with Crippen molar-refractivity contribution in [3.8, 4) is 5.75 Å². The van der Waals surface area contributed by atoms with Crippen LogP contribution in [-0.2, 0) is 9.53 Å². The highest BCUT2D eigenvalue weighted by molar-refractivity contribution is 8.25. The number of aromatic nitrogens is 1. The Hall–Kier alpha value is -2.23. The molecule has 1 aliphatic carbocycles. The molecule has 1 atom stereocenters. The second-order valence-electron chi connectivity index (χ2n) is 7.57. The van der Waals surface area contributed by atoms with Crippen molar-refractivity contribution in [2.24, 2.45) is 4.99 Å². The average molecular weight is 487 g/mol. The van der Waals surface area contributed by atoms with Gasteiger partial charge in [0.2, 0.25) is 0 Å². The number of carbonyl (C=O) groups is 1. The fourth-order valence-electron chi connectivity index (χ4n) is 4.32. The molecule has 32 heavy (non-hydrogen) atoms. The van der Waals surface area contributed by atoms with Crippen LogP contribution in [0.1, 0.15) is 30.9 Å². The van der Waals surface area contributed by atoms with Crippen molar-refractivity contribution < 1.29 is 14.3 Å². The molecule has 3 aliphatic rings. The van der Waals surface area contributed by atoms with Crippen molar-refractivity contribution in [2.45, 2.75) is 25.3 Å². The van der Waals surface area contributed by atoms with E-state index in [1.165, 1.54) is 39.9 Å². The minimum Gasteiger partial charge on any atom is -0.497 e. The molecule has 0 N–H and O–H groups in total. The van der Waals surface area contributed by atoms with Crippen molar-refractivity contribution in [3.05, 3.63) is 70.6 Å². The van der Waals surface area contributed by atoms with E-state index >= 15 is 0 Å². The fraction of sp³-hybridized carbons (Fsp3) is 0.348. The molecule has 2 aromatic rings. The maximum Gasteiger partial charge on any atom is 0.332 e. The number of fused-ring (bicyclic) bond motifs is 1. The van der Waals surface area contributed by atoms with Crippen molar-refractivity contribution in [2.75, 3.05) is 25.7 Å². The number of methoxy groups -OCH3 is 2. The Bertz CT molecular complexity index is 1310. The predicted molar refractivity (Wildman–Crippen MR) is 130 cm³/mol. The van der Waals surface area contributed by atoms with Crippen LogP contribution in [0.2, 0.25) is 0 Å². The zero-order valence-electron chi connectivity index (χ0n) is 17.8. The van der Waals surface area contributed by atoms with E-state index in [4.69, 9.17) is 14.5 Å². The van der Waals surface area contributed by atoms with Gasteiger partial charge >= 0.3 is 5.97 Å². The van der Waals surface area contributed by atoms with Crippen molar-refractivity contribution in [3.63, 3.8) is 0 Å². The Kier molecular flexibility index (Phi) is 6.05. The maximum atomic E-state index is 13.4. The summed E-state index contributed by atoms with van der Waals surface area (Å²) in [6, 6.07) is 7.61. The summed E-state index contributed by atoms with van der Waals surface area (Å²) >= 11 is 5.06. The van der Waals surface area contributed by atoms with Gasteiger partial charge in [0.15, 0.2) is 4.80 Å². The molecular formula is C23H22N2O4S3. The molecule has 0 spiro atoms. The normalized spacial score (nSPS) is 20.7. The summed E-state index contributed by atoms with van der Waals surface area (Å²) < 4.78 is 13.5. The van der Waals surface area contributed by atoms with Gasteiger partial charge in [-0.2, -0.15) is 0 Å². The van der Waals surface area contributed by atoms with E-state index in [0.717, 1.165) is 47.8 Å². The van der Waals surface area contributed by atoms with Gasteiger partial charge in [-0.05, 0) is 48.1 Å². The molecule has 0 saturated carbocycles. The number of benzene rings is 1. The maximum absolute atomic E-state index is 13.4. The molecule has 2 aliphatic heterocycles. The lowest BCUT2D eigenvalue weighted by atomic mass is 9.85. The standard InChI is InChI=1S/C23H22N2O4S3/c1-28-14-8-6-13(7-9-14)20-15-4-3-5-16(22-30-10-11-31-22)19(15)24-23-25(20)21(27)17(32-23)12-18(26)29-2/h6-9,12,20H,3-5,10-11H2,1-2H3/b17-12-. The van der Waals surface area contributed by atoms with E-state index in [1.54, 1.807) is 11.7 Å². The van der Waals surface area contributed by atoms with Crippen LogP contribution in [0.5, 0.6) is 5.75 Å². The minimum atomic E-state index is -0.540. The topological polar surface area (TPSA) is 69.9 Å². The van der Waals surface area contributed by atoms with Crippen LogP contribution in [0.15, 0.2) is 55.1 Å². The van der Waals surface area contributed by atoms with Crippen LogP contribution in [0.4, 0.5) is 0 Å². The van der Waals surface area contributed by atoms with E-state index in [0.29, 0.717) is 9.33 Å². The van der Waals surface area contributed by atoms with Crippen LogP contribution in [0, 0.1) is 0 Å². The third kappa shape index (κ3) is 3.76. The van der Waals surface area contributed by atoms with Crippen LogP contribution in [0.3, 0.4) is 0 Å². The lowest BCUT2D eigenvalue weighted by Crippen LogP contribution is -2.39. The number of esters is 1. The van der Waals surface area contributed by atoms with Gasteiger partial charge in [0, 0.05) is 21.8 Å². The van der Waals surface area contributed by atoms with Crippen LogP contribution < -0.4 is 19.6 Å². The molecule has 3 heterocycles. The Morgan fingerprint density at radius 2 is 1.91 bits per heavy atom. The van der Waals surface area contributed by atoms with Gasteiger partial charge in [-0.15, -0.1) is 23.5 Å². The van der Waals surface area contributed by atoms with E-state index in [1.807, 2.05) is 47.8 Å². The molecule has 9 heteroatoms. The van der Waals surface area contributed by atoms with E-state index in [-0.39, 0.29) is 11.6 Å². The SMILES string of the molecule is COC(=O)/C=c1\sc2n(c1=O)C(c1ccc(OC)cc1)C1=C(N=2)C(=C2SCCS2)CCC1. The molecule has 1 aromatic heterocycles. The fourth-order valence-corrected chi connectivity index (χ4v) is 7.90. The van der Waals surface area contributed by atoms with Crippen molar-refractivity contribution >= 4 is 46.9 Å². The zero-order valence-corrected chi connectivity index (χ0v) is 20.2. The summed E-state index contributed by atoms with van der Waals surface area (Å²) in [5.41, 5.74) is 4.31. The van der Waals surface area contributed by atoms with Gasteiger partial charge < -0.3 is 9.47 Å². The molecule has 1 fully saturated rings. The highest BCUT2D eigenvalue weighted by Gasteiger charge is 2.34. The van der Waals surface area contributed by atoms with Gasteiger partial charge in [0.1, 0.15) is 10.3 Å². The summed E-state index contributed by atoms with van der Waals surface area (Å²) in [6.07, 6.45) is 4.19. The number of hydrogen-bond acceptors (Lipinski definition) is 8. The number of thiazole rings is 1. The Balaban J connectivity index is 1.77. The number of carbonyl (C=O) groups excluding carboxylic acids is 1. The van der Waals surface area contributed by atoms with Gasteiger partial charge in [-0.25, -0.2) is 9.79 Å². The summed E-state index contributed by atoms with van der Waals surface area (Å²) in [7, 11) is 2.95. The molecule has 6 nitrogen and oxygen atoms in total. The first-order chi connectivity index (χ1) is 15.6. The second kappa shape index (κ2) is 8.96. The largest absolute Gasteiger partial charge is 0.497 e. The number of nitrogens with zero attached hydrogens (tertiary/aromatic N) is 2. The molecule has 1 unspecified atom stereocenters. The monoisotopic (exact) mass is 486 g/mol. The Morgan fingerprint density at radius 3 is 2.59 bits per heavy atom. The predicted octanol–water partition coefficient (Wildman–Crippen LogP) is 3.22. The number of allylic oxidation sites excluding steroid dienone is 2. The highest BCUT2D eigenvalue weighted by atomic mass is 32.2. The molecule has 166 valence electrons. The second-order valence-corrected chi connectivity index (χ2v) is 11.0. The molecule has 1 aromatic carbocycles. The van der Waals surface area contributed by atoms with E-state index in [2.05, 4.69) is 0 Å². The van der Waals surface area contributed by atoms with Crippen molar-refractivity contribution in [1.29, 1.82) is 0 Å². The highest BCUT2D eigenvalue weighted by Crippen LogP contribution is 2.47. The van der Waals surface area contributed by atoms with Gasteiger partial charge in [0.05, 0.1) is 26.0 Å². The number of rotatable bonds is 3. The van der Waals surface area contributed by atoms with Gasteiger partial charge in [-0.1, -0.05) is 23.5 Å². The molecule has 0 bridgehead atoms. The third-order valence-corrected chi connectivity index (χ3v) is 9.56. The average Bonchev–Trinajstić information content (AvgIpc) is 3.46. The summed E-state index contributed by atoms with van der Waals surface area (Å²) in [5.74, 6) is 2.47.